The summed E-state index contributed by atoms with van der Waals surface area (Å²) in [7, 11) is 0. The minimum atomic E-state index is -0.670. The van der Waals surface area contributed by atoms with Crippen LogP contribution in [0.4, 0.5) is 9.59 Å². The summed E-state index contributed by atoms with van der Waals surface area (Å²) in [5.74, 6) is 0.816. The van der Waals surface area contributed by atoms with Crippen molar-refractivity contribution in [3.05, 3.63) is 0 Å². The molecule has 182 valence electrons. The summed E-state index contributed by atoms with van der Waals surface area (Å²) in [6.07, 6.45) is 12.1. The molecule has 2 unspecified atom stereocenters. The second-order valence-corrected chi connectivity index (χ2v) is 10.2. The van der Waals surface area contributed by atoms with Crippen molar-refractivity contribution in [1.29, 1.82) is 0 Å². The molecule has 0 bridgehead atoms. The maximum atomic E-state index is 11.9. The Hall–Kier alpha value is -1.46. The standard InChI is InChI=1S/C25H46O6/c1-20(2)15-12-10-8-6-7-9-11-13-18-28-23(26)29-21-16-14-17-22(19-21)30-24(27)31-25(3,4)5/h20-22H,6-19H2,1-5H3. The van der Waals surface area contributed by atoms with Crippen LogP contribution in [0.5, 0.6) is 0 Å². The summed E-state index contributed by atoms with van der Waals surface area (Å²) in [4.78, 5) is 23.8. The lowest BCUT2D eigenvalue weighted by Gasteiger charge is -2.29. The van der Waals surface area contributed by atoms with Crippen LogP contribution in [-0.4, -0.2) is 36.7 Å². The normalized spacial score (nSPS) is 19.2. The molecule has 1 aliphatic carbocycles. The van der Waals surface area contributed by atoms with Crippen LogP contribution in [0.15, 0.2) is 0 Å². The lowest BCUT2D eigenvalue weighted by Crippen LogP contribution is -2.33. The van der Waals surface area contributed by atoms with Gasteiger partial charge in [-0.15, -0.1) is 0 Å². The second-order valence-electron chi connectivity index (χ2n) is 10.2. The van der Waals surface area contributed by atoms with Crippen LogP contribution < -0.4 is 0 Å². The Morgan fingerprint density at radius 3 is 1.87 bits per heavy atom. The highest BCUT2D eigenvalue weighted by molar-refractivity contribution is 5.61. The number of carbonyl (C=O) groups excluding carboxylic acids is 2. The fourth-order valence-electron chi connectivity index (χ4n) is 3.77. The number of carbonyl (C=O) groups is 2. The van der Waals surface area contributed by atoms with Crippen LogP contribution in [0.1, 0.15) is 118 Å². The minimum Gasteiger partial charge on any atom is -0.434 e. The van der Waals surface area contributed by atoms with Gasteiger partial charge in [-0.1, -0.05) is 65.2 Å². The van der Waals surface area contributed by atoms with Crippen molar-refractivity contribution in [2.24, 2.45) is 5.92 Å². The molecule has 31 heavy (non-hydrogen) atoms. The molecule has 1 rings (SSSR count). The van der Waals surface area contributed by atoms with Gasteiger partial charge in [-0.2, -0.15) is 0 Å². The summed E-state index contributed by atoms with van der Waals surface area (Å²) in [6, 6.07) is 0. The molecule has 0 aromatic carbocycles. The van der Waals surface area contributed by atoms with Gasteiger partial charge in [0.15, 0.2) is 0 Å². The Morgan fingerprint density at radius 2 is 1.32 bits per heavy atom. The molecule has 0 aromatic rings. The van der Waals surface area contributed by atoms with Crippen molar-refractivity contribution in [3.63, 3.8) is 0 Å². The molecule has 0 saturated heterocycles. The van der Waals surface area contributed by atoms with E-state index in [0.717, 1.165) is 38.0 Å². The zero-order valence-electron chi connectivity index (χ0n) is 20.6. The zero-order chi connectivity index (χ0) is 23.1. The first kappa shape index (κ1) is 27.6. The zero-order valence-corrected chi connectivity index (χ0v) is 20.6. The highest BCUT2D eigenvalue weighted by atomic mass is 16.7. The highest BCUT2D eigenvalue weighted by Gasteiger charge is 2.29. The molecule has 1 saturated carbocycles. The van der Waals surface area contributed by atoms with Crippen LogP contribution in [0, 0.1) is 5.92 Å². The van der Waals surface area contributed by atoms with Gasteiger partial charge in [0.25, 0.3) is 0 Å². The van der Waals surface area contributed by atoms with Gasteiger partial charge in [-0.3, -0.25) is 0 Å². The molecule has 0 N–H and O–H groups in total. The first-order valence-corrected chi connectivity index (χ1v) is 12.4. The molecular weight excluding hydrogens is 396 g/mol. The van der Waals surface area contributed by atoms with Crippen molar-refractivity contribution in [1.82, 2.24) is 0 Å². The minimum absolute atomic E-state index is 0.274. The third-order valence-electron chi connectivity index (χ3n) is 5.39. The van der Waals surface area contributed by atoms with Crippen LogP contribution in [0.2, 0.25) is 0 Å². The van der Waals surface area contributed by atoms with Gasteiger partial charge in [-0.05, 0) is 52.4 Å². The van der Waals surface area contributed by atoms with Gasteiger partial charge in [-0.25, -0.2) is 9.59 Å². The summed E-state index contributed by atoms with van der Waals surface area (Å²) in [5, 5.41) is 0. The second kappa shape index (κ2) is 15.4. The molecule has 1 aliphatic rings. The Labute approximate surface area is 189 Å². The molecule has 0 spiro atoms. The molecule has 1 fully saturated rings. The van der Waals surface area contributed by atoms with Crippen molar-refractivity contribution in [2.45, 2.75) is 136 Å². The van der Waals surface area contributed by atoms with E-state index >= 15 is 0 Å². The van der Waals surface area contributed by atoms with E-state index < -0.39 is 17.9 Å². The molecule has 0 radical (unpaired) electrons. The van der Waals surface area contributed by atoms with E-state index in [1.165, 1.54) is 44.9 Å². The molecule has 6 heteroatoms. The number of hydrogen-bond acceptors (Lipinski definition) is 6. The predicted molar refractivity (Wildman–Crippen MR) is 122 cm³/mol. The molecule has 0 aromatic heterocycles. The van der Waals surface area contributed by atoms with Crippen LogP contribution >= 0.6 is 0 Å². The van der Waals surface area contributed by atoms with Crippen molar-refractivity contribution >= 4 is 12.3 Å². The lowest BCUT2D eigenvalue weighted by molar-refractivity contribution is -0.0548. The van der Waals surface area contributed by atoms with Gasteiger partial charge < -0.3 is 18.9 Å². The molecule has 2 atom stereocenters. The van der Waals surface area contributed by atoms with Crippen LogP contribution in [0.25, 0.3) is 0 Å². The first-order valence-electron chi connectivity index (χ1n) is 12.4. The van der Waals surface area contributed by atoms with Crippen LogP contribution in [0.3, 0.4) is 0 Å². The van der Waals surface area contributed by atoms with E-state index in [1.54, 1.807) is 20.8 Å². The number of unbranched alkanes of at least 4 members (excludes halogenated alkanes) is 7. The van der Waals surface area contributed by atoms with Gasteiger partial charge in [0.05, 0.1) is 6.61 Å². The summed E-state index contributed by atoms with van der Waals surface area (Å²) >= 11 is 0. The third kappa shape index (κ3) is 15.9. The van der Waals surface area contributed by atoms with E-state index in [2.05, 4.69) is 13.8 Å². The lowest BCUT2D eigenvalue weighted by atomic mass is 9.95. The monoisotopic (exact) mass is 442 g/mol. The Balaban J connectivity index is 2.03. The molecule has 0 aliphatic heterocycles. The van der Waals surface area contributed by atoms with E-state index in [-0.39, 0.29) is 12.2 Å². The highest BCUT2D eigenvalue weighted by Crippen LogP contribution is 2.25. The number of hydrogen-bond donors (Lipinski definition) is 0. The molecule has 0 heterocycles. The molecule has 0 amide bonds. The third-order valence-corrected chi connectivity index (χ3v) is 5.39. The maximum Gasteiger partial charge on any atom is 0.509 e. The van der Waals surface area contributed by atoms with E-state index in [0.29, 0.717) is 13.0 Å². The van der Waals surface area contributed by atoms with Crippen molar-refractivity contribution in [2.75, 3.05) is 6.61 Å². The van der Waals surface area contributed by atoms with Crippen molar-refractivity contribution in [3.8, 4) is 0 Å². The SMILES string of the molecule is CC(C)CCCCCCCCCCOC(=O)OC1CCCC(OC(=O)OC(C)(C)C)C1. The quantitative estimate of drug-likeness (QED) is 0.216. The van der Waals surface area contributed by atoms with E-state index in [1.807, 2.05) is 0 Å². The van der Waals surface area contributed by atoms with Crippen LogP contribution in [-0.2, 0) is 18.9 Å². The van der Waals surface area contributed by atoms with Gasteiger partial charge in [0.2, 0.25) is 0 Å². The fourth-order valence-corrected chi connectivity index (χ4v) is 3.77. The fraction of sp³-hybridized carbons (Fsp3) is 0.920. The summed E-state index contributed by atoms with van der Waals surface area (Å²) in [6.45, 7) is 10.4. The Bertz CT molecular complexity index is 497. The van der Waals surface area contributed by atoms with Gasteiger partial charge in [0, 0.05) is 6.42 Å². The predicted octanol–water partition coefficient (Wildman–Crippen LogP) is 7.57. The molecular formula is C25H46O6. The smallest absolute Gasteiger partial charge is 0.434 e. The first-order chi connectivity index (χ1) is 14.7. The van der Waals surface area contributed by atoms with E-state index in [4.69, 9.17) is 18.9 Å². The van der Waals surface area contributed by atoms with Crippen molar-refractivity contribution < 1.29 is 28.5 Å². The Kier molecular flexibility index (Phi) is 13.7. The summed E-state index contributed by atoms with van der Waals surface area (Å²) in [5.41, 5.74) is -0.584. The van der Waals surface area contributed by atoms with E-state index in [9.17, 15) is 9.59 Å². The van der Waals surface area contributed by atoms with Gasteiger partial charge >= 0.3 is 12.3 Å². The topological polar surface area (TPSA) is 71.1 Å². The average molecular weight is 443 g/mol. The number of ether oxygens (including phenoxy) is 4. The average Bonchev–Trinajstić information content (AvgIpc) is 2.64. The number of rotatable bonds is 13. The van der Waals surface area contributed by atoms with Gasteiger partial charge in [0.1, 0.15) is 17.8 Å². The Morgan fingerprint density at radius 1 is 0.806 bits per heavy atom. The largest absolute Gasteiger partial charge is 0.509 e. The summed E-state index contributed by atoms with van der Waals surface area (Å²) < 4.78 is 21.2. The molecule has 6 nitrogen and oxygen atoms in total. The maximum absolute atomic E-state index is 11.9.